The molecule has 1 fully saturated rings. The van der Waals surface area contributed by atoms with Crippen LogP contribution in [-0.2, 0) is 13.5 Å². The summed E-state index contributed by atoms with van der Waals surface area (Å²) < 4.78 is 2.04. The fourth-order valence-corrected chi connectivity index (χ4v) is 3.45. The van der Waals surface area contributed by atoms with Crippen molar-refractivity contribution in [2.75, 3.05) is 0 Å². The molecule has 0 radical (unpaired) electrons. The van der Waals surface area contributed by atoms with E-state index in [-0.39, 0.29) is 0 Å². The Labute approximate surface area is 109 Å². The molecule has 1 saturated carbocycles. The number of hydrogen-bond acceptors (Lipinski definition) is 3. The van der Waals surface area contributed by atoms with Gasteiger partial charge in [0, 0.05) is 36.4 Å². The third kappa shape index (κ3) is 2.31. The van der Waals surface area contributed by atoms with Crippen LogP contribution in [0.2, 0.25) is 0 Å². The summed E-state index contributed by atoms with van der Waals surface area (Å²) >= 11 is 0. The molecular formula is C14H24N4. The van der Waals surface area contributed by atoms with Gasteiger partial charge >= 0.3 is 0 Å². The fourth-order valence-electron chi connectivity index (χ4n) is 3.45. The van der Waals surface area contributed by atoms with Crippen LogP contribution in [-0.4, -0.2) is 21.9 Å². The van der Waals surface area contributed by atoms with Gasteiger partial charge in [0.25, 0.3) is 0 Å². The number of aromatic nitrogens is 2. The maximum absolute atomic E-state index is 5.97. The SMILES string of the molecule is Cn1ncc2c1CCCC2NC1CCC(N)CC1. The van der Waals surface area contributed by atoms with Gasteiger partial charge in [0.05, 0.1) is 6.20 Å². The van der Waals surface area contributed by atoms with E-state index < -0.39 is 0 Å². The molecule has 2 aliphatic rings. The van der Waals surface area contributed by atoms with Crippen LogP contribution in [0, 0.1) is 0 Å². The zero-order valence-corrected chi connectivity index (χ0v) is 11.2. The molecule has 0 spiro atoms. The van der Waals surface area contributed by atoms with Crippen LogP contribution in [0.5, 0.6) is 0 Å². The molecule has 1 aromatic rings. The van der Waals surface area contributed by atoms with E-state index in [0.717, 1.165) is 0 Å². The summed E-state index contributed by atoms with van der Waals surface area (Å²) in [6, 6.07) is 1.60. The van der Waals surface area contributed by atoms with Crippen molar-refractivity contribution >= 4 is 0 Å². The largest absolute Gasteiger partial charge is 0.328 e. The molecule has 18 heavy (non-hydrogen) atoms. The minimum absolute atomic E-state index is 0.434. The molecule has 3 rings (SSSR count). The highest BCUT2D eigenvalue weighted by atomic mass is 15.3. The zero-order chi connectivity index (χ0) is 12.5. The molecule has 1 atom stereocenters. The molecule has 3 N–H and O–H groups in total. The quantitative estimate of drug-likeness (QED) is 0.837. The predicted molar refractivity (Wildman–Crippen MR) is 72.3 cm³/mol. The summed E-state index contributed by atoms with van der Waals surface area (Å²) in [5, 5.41) is 8.25. The summed E-state index contributed by atoms with van der Waals surface area (Å²) in [5.41, 5.74) is 8.82. The highest BCUT2D eigenvalue weighted by Crippen LogP contribution is 2.31. The third-order valence-electron chi connectivity index (χ3n) is 4.58. The number of hydrogen-bond donors (Lipinski definition) is 2. The summed E-state index contributed by atoms with van der Waals surface area (Å²) in [5.74, 6) is 0. The normalized spacial score (nSPS) is 32.2. The van der Waals surface area contributed by atoms with Crippen molar-refractivity contribution in [2.24, 2.45) is 12.8 Å². The molecule has 1 aromatic heterocycles. The van der Waals surface area contributed by atoms with Gasteiger partial charge in [0.2, 0.25) is 0 Å². The summed E-state index contributed by atoms with van der Waals surface area (Å²) in [6.45, 7) is 0. The van der Waals surface area contributed by atoms with Crippen molar-refractivity contribution in [1.29, 1.82) is 0 Å². The highest BCUT2D eigenvalue weighted by molar-refractivity contribution is 5.24. The van der Waals surface area contributed by atoms with E-state index in [9.17, 15) is 0 Å². The minimum Gasteiger partial charge on any atom is -0.328 e. The van der Waals surface area contributed by atoms with Gasteiger partial charge in [0.15, 0.2) is 0 Å². The van der Waals surface area contributed by atoms with Gasteiger partial charge in [-0.25, -0.2) is 0 Å². The average Bonchev–Trinajstić information content (AvgIpc) is 2.76. The Balaban J connectivity index is 1.67. The second-order valence-corrected chi connectivity index (χ2v) is 5.89. The number of nitrogens with zero attached hydrogens (tertiary/aromatic N) is 2. The van der Waals surface area contributed by atoms with Gasteiger partial charge in [-0.1, -0.05) is 0 Å². The Morgan fingerprint density at radius 1 is 1.28 bits per heavy atom. The molecule has 1 heterocycles. The Morgan fingerprint density at radius 2 is 2.06 bits per heavy atom. The van der Waals surface area contributed by atoms with Crippen molar-refractivity contribution in [1.82, 2.24) is 15.1 Å². The molecule has 100 valence electrons. The first-order chi connectivity index (χ1) is 8.74. The molecule has 0 saturated heterocycles. The number of nitrogens with one attached hydrogen (secondary N) is 1. The molecule has 0 bridgehead atoms. The van der Waals surface area contributed by atoms with E-state index in [1.807, 2.05) is 4.68 Å². The first-order valence-corrected chi connectivity index (χ1v) is 7.26. The maximum Gasteiger partial charge on any atom is 0.0540 e. The van der Waals surface area contributed by atoms with E-state index in [1.165, 1.54) is 56.2 Å². The topological polar surface area (TPSA) is 55.9 Å². The second kappa shape index (κ2) is 5.02. The van der Waals surface area contributed by atoms with Gasteiger partial charge in [0.1, 0.15) is 0 Å². The Kier molecular flexibility index (Phi) is 3.39. The lowest BCUT2D eigenvalue weighted by molar-refractivity contribution is 0.301. The molecule has 1 unspecified atom stereocenters. The van der Waals surface area contributed by atoms with E-state index >= 15 is 0 Å². The van der Waals surface area contributed by atoms with Gasteiger partial charge in [-0.15, -0.1) is 0 Å². The standard InChI is InChI=1S/C14H24N4/c1-18-14-4-2-3-13(12(14)9-16-18)17-11-7-5-10(15)6-8-11/h9-11,13,17H,2-8,15H2,1H3. The smallest absolute Gasteiger partial charge is 0.0540 e. The Morgan fingerprint density at radius 3 is 2.83 bits per heavy atom. The molecule has 0 aliphatic heterocycles. The molecular weight excluding hydrogens is 224 g/mol. The lowest BCUT2D eigenvalue weighted by atomic mass is 9.88. The molecule has 2 aliphatic carbocycles. The lowest BCUT2D eigenvalue weighted by Crippen LogP contribution is -2.40. The monoisotopic (exact) mass is 248 g/mol. The second-order valence-electron chi connectivity index (χ2n) is 5.89. The first-order valence-electron chi connectivity index (χ1n) is 7.26. The number of nitrogens with two attached hydrogens (primary N) is 1. The van der Waals surface area contributed by atoms with E-state index in [2.05, 4.69) is 23.7 Å². The summed E-state index contributed by atoms with van der Waals surface area (Å²) in [7, 11) is 2.06. The highest BCUT2D eigenvalue weighted by Gasteiger charge is 2.27. The van der Waals surface area contributed by atoms with Crippen LogP contribution in [0.4, 0.5) is 0 Å². The van der Waals surface area contributed by atoms with Crippen LogP contribution in [0.15, 0.2) is 6.20 Å². The molecule has 0 amide bonds. The van der Waals surface area contributed by atoms with Crippen molar-refractivity contribution < 1.29 is 0 Å². The van der Waals surface area contributed by atoms with Crippen molar-refractivity contribution in [3.63, 3.8) is 0 Å². The van der Waals surface area contributed by atoms with Crippen LogP contribution in [0.1, 0.15) is 55.8 Å². The minimum atomic E-state index is 0.434. The molecule has 4 heteroatoms. The number of aryl methyl sites for hydroxylation is 1. The van der Waals surface area contributed by atoms with Gasteiger partial charge in [-0.2, -0.15) is 5.10 Å². The van der Waals surface area contributed by atoms with Crippen LogP contribution >= 0.6 is 0 Å². The maximum atomic E-state index is 5.97. The average molecular weight is 248 g/mol. The van der Waals surface area contributed by atoms with E-state index in [0.29, 0.717) is 18.1 Å². The van der Waals surface area contributed by atoms with Gasteiger partial charge in [-0.3, -0.25) is 4.68 Å². The predicted octanol–water partition coefficient (Wildman–Crippen LogP) is 1.66. The molecule has 4 nitrogen and oxygen atoms in total. The fraction of sp³-hybridized carbons (Fsp3) is 0.786. The number of fused-ring (bicyclic) bond motifs is 1. The van der Waals surface area contributed by atoms with Crippen molar-refractivity contribution in [3.05, 3.63) is 17.5 Å². The first kappa shape index (κ1) is 12.2. The van der Waals surface area contributed by atoms with Crippen LogP contribution in [0.25, 0.3) is 0 Å². The number of rotatable bonds is 2. The van der Waals surface area contributed by atoms with Gasteiger partial charge in [-0.05, 0) is 44.9 Å². The Hall–Kier alpha value is -0.870. The van der Waals surface area contributed by atoms with Crippen molar-refractivity contribution in [2.45, 2.75) is 63.1 Å². The Bertz CT molecular complexity index is 404. The summed E-state index contributed by atoms with van der Waals surface area (Å²) in [6.07, 6.45) is 10.6. The van der Waals surface area contributed by atoms with Crippen LogP contribution < -0.4 is 11.1 Å². The van der Waals surface area contributed by atoms with E-state index in [1.54, 1.807) is 0 Å². The lowest BCUT2D eigenvalue weighted by Gasteiger charge is -2.32. The zero-order valence-electron chi connectivity index (χ0n) is 11.2. The van der Waals surface area contributed by atoms with E-state index in [4.69, 9.17) is 5.73 Å². The molecule has 0 aromatic carbocycles. The van der Waals surface area contributed by atoms with Gasteiger partial charge < -0.3 is 11.1 Å². The third-order valence-corrected chi connectivity index (χ3v) is 4.58. The van der Waals surface area contributed by atoms with Crippen LogP contribution in [0.3, 0.4) is 0 Å². The van der Waals surface area contributed by atoms with Crippen molar-refractivity contribution in [3.8, 4) is 0 Å². The summed E-state index contributed by atoms with van der Waals surface area (Å²) in [4.78, 5) is 0.